The number of aromatic hydroxyl groups is 12. The van der Waals surface area contributed by atoms with Crippen molar-refractivity contribution >= 4 is 0 Å². The van der Waals surface area contributed by atoms with Crippen LogP contribution >= 0.6 is 0 Å². The van der Waals surface area contributed by atoms with E-state index in [1.807, 2.05) is 0 Å². The van der Waals surface area contributed by atoms with Crippen LogP contribution in [0.15, 0.2) is 78.9 Å². The monoisotopic (exact) mass is 862 g/mol. The fraction of sp³-hybridized carbons (Fsp3) is 0.234. The van der Waals surface area contributed by atoms with Crippen molar-refractivity contribution in [1.29, 1.82) is 0 Å². The van der Waals surface area contributed by atoms with Crippen molar-refractivity contribution in [2.45, 2.75) is 67.3 Å². The van der Waals surface area contributed by atoms with E-state index in [2.05, 4.69) is 0 Å². The molecule has 3 aliphatic rings. The number of ether oxygens (including phenoxy) is 1. The third-order valence-electron chi connectivity index (χ3n) is 12.9. The van der Waals surface area contributed by atoms with Crippen LogP contribution in [0.3, 0.4) is 0 Å². The topological polar surface area (TPSA) is 313 Å². The number of rotatable bonds is 5. The highest BCUT2D eigenvalue weighted by atomic mass is 16.5. The lowest BCUT2D eigenvalue weighted by atomic mass is 9.64. The largest absolute Gasteiger partial charge is 0.508 e. The highest BCUT2D eigenvalue weighted by molar-refractivity contribution is 5.68. The third-order valence-corrected chi connectivity index (χ3v) is 12.9. The molecule has 0 bridgehead atoms. The van der Waals surface area contributed by atoms with Crippen LogP contribution < -0.4 is 4.74 Å². The molecule has 0 radical (unpaired) electrons. The molecule has 1 aliphatic heterocycles. The number of hydrogen-bond acceptors (Lipinski definition) is 16. The standard InChI is InChI=1S/C47H42O16/c48-20-10-34(57)42-38(11-20)63-47(19-3-6-28(51)33(56)9-19)46(62)44(42)41-25-13-22(18-2-5-27(50)32(55)8-18)45(61)43(40(25)36(59)16-37(41)60)39-24-12-21(17-1-4-26(49)31(54)7-17)29(52)14-23(24)30(53)15-35(39)58/h1-11,15-16,21-22,29,43-62H,12-14H2/t21-,22-,29-,43+,44+,45+,46-,47-/m1/s1. The molecule has 0 saturated carbocycles. The number of phenols is 12. The summed E-state index contributed by atoms with van der Waals surface area (Å²) in [6.07, 6.45) is -6.43. The predicted octanol–water partition coefficient (Wildman–Crippen LogP) is 4.86. The number of aliphatic hydroxyl groups excluding tert-OH is 3. The molecular weight excluding hydrogens is 821 g/mol. The van der Waals surface area contributed by atoms with E-state index in [1.165, 1.54) is 48.5 Å². The van der Waals surface area contributed by atoms with Gasteiger partial charge < -0.3 is 81.3 Å². The Labute approximate surface area is 357 Å². The van der Waals surface area contributed by atoms with Crippen molar-refractivity contribution in [3.63, 3.8) is 0 Å². The molecule has 1 heterocycles. The molecule has 326 valence electrons. The lowest BCUT2D eigenvalue weighted by molar-refractivity contribution is 0.00650. The van der Waals surface area contributed by atoms with Gasteiger partial charge in [-0.2, -0.15) is 0 Å². The van der Waals surface area contributed by atoms with Gasteiger partial charge in [-0.25, -0.2) is 0 Å². The van der Waals surface area contributed by atoms with Gasteiger partial charge in [-0.15, -0.1) is 0 Å². The lowest BCUT2D eigenvalue weighted by Crippen LogP contribution is -2.39. The Morgan fingerprint density at radius 3 is 1.40 bits per heavy atom. The summed E-state index contributed by atoms with van der Waals surface area (Å²) in [7, 11) is 0. The minimum absolute atomic E-state index is 0.00534. The Kier molecular flexibility index (Phi) is 9.69. The molecule has 2 aliphatic carbocycles. The maximum Gasteiger partial charge on any atom is 0.157 e. The highest BCUT2D eigenvalue weighted by Crippen LogP contribution is 2.59. The Morgan fingerprint density at radius 1 is 0.365 bits per heavy atom. The second kappa shape index (κ2) is 14.9. The maximum atomic E-state index is 12.7. The van der Waals surface area contributed by atoms with Crippen LogP contribution in [0.1, 0.15) is 85.4 Å². The fourth-order valence-corrected chi connectivity index (χ4v) is 10.0. The minimum atomic E-state index is -1.74. The number of phenolic OH excluding ortho intramolecular Hbond substituents is 12. The smallest absolute Gasteiger partial charge is 0.157 e. The van der Waals surface area contributed by atoms with E-state index in [0.29, 0.717) is 5.56 Å². The van der Waals surface area contributed by atoms with Crippen molar-refractivity contribution in [2.24, 2.45) is 0 Å². The van der Waals surface area contributed by atoms with Crippen molar-refractivity contribution in [1.82, 2.24) is 0 Å². The number of fused-ring (bicyclic) bond motifs is 3. The Hall–Kier alpha value is -7.40. The third kappa shape index (κ3) is 6.57. The average molecular weight is 863 g/mol. The number of benzene rings is 6. The SMILES string of the molecule is Oc1cc(O)c2c(c1)O[C@H](c1ccc(O)c(O)c1)[C@H](O)[C@H]2c1c(O)cc(O)c2c1C[C@H](c1ccc(O)c(O)c1)[C@H](O)[C@H]2c1c(O)cc(O)c2c1C[C@H](c1ccc(O)c(O)c1)[C@H](O)C2. The molecule has 6 aromatic rings. The highest BCUT2D eigenvalue weighted by Gasteiger charge is 2.49. The summed E-state index contributed by atoms with van der Waals surface area (Å²) < 4.78 is 6.13. The normalized spacial score (nSPS) is 23.9. The van der Waals surface area contributed by atoms with E-state index in [-0.39, 0.29) is 80.8 Å². The summed E-state index contributed by atoms with van der Waals surface area (Å²) in [6, 6.07) is 15.7. The van der Waals surface area contributed by atoms with Gasteiger partial charge in [-0.05, 0) is 77.1 Å². The molecular formula is C47H42O16. The second-order valence-electron chi connectivity index (χ2n) is 16.5. The van der Waals surface area contributed by atoms with Gasteiger partial charge in [-0.3, -0.25) is 0 Å². The lowest BCUT2D eigenvalue weighted by Gasteiger charge is -2.43. The van der Waals surface area contributed by atoms with Gasteiger partial charge in [0, 0.05) is 76.3 Å². The first-order valence-electron chi connectivity index (χ1n) is 19.9. The van der Waals surface area contributed by atoms with Crippen LogP contribution in [0.25, 0.3) is 0 Å². The van der Waals surface area contributed by atoms with E-state index in [9.17, 15) is 76.6 Å². The molecule has 0 amide bonds. The van der Waals surface area contributed by atoms with Gasteiger partial charge in [0.05, 0.1) is 18.1 Å². The van der Waals surface area contributed by atoms with Crippen LogP contribution in [0.4, 0.5) is 0 Å². The van der Waals surface area contributed by atoms with Gasteiger partial charge in [-0.1, -0.05) is 18.2 Å². The van der Waals surface area contributed by atoms with Crippen molar-refractivity contribution < 1.29 is 81.3 Å². The summed E-state index contributed by atoms with van der Waals surface area (Å²) in [5.41, 5.74) is 1.05. The molecule has 16 heteroatoms. The Bertz CT molecular complexity index is 2840. The zero-order valence-corrected chi connectivity index (χ0v) is 32.9. The first-order chi connectivity index (χ1) is 29.9. The Morgan fingerprint density at radius 2 is 0.825 bits per heavy atom. The molecule has 6 aromatic carbocycles. The van der Waals surface area contributed by atoms with Gasteiger partial charge in [0.15, 0.2) is 40.6 Å². The quantitative estimate of drug-likeness (QED) is 0.103. The first-order valence-corrected chi connectivity index (χ1v) is 19.9. The molecule has 16 nitrogen and oxygen atoms in total. The molecule has 8 atom stereocenters. The predicted molar refractivity (Wildman–Crippen MR) is 220 cm³/mol. The molecule has 63 heavy (non-hydrogen) atoms. The van der Waals surface area contributed by atoms with Gasteiger partial charge >= 0.3 is 0 Å². The fourth-order valence-electron chi connectivity index (χ4n) is 10.0. The summed E-state index contributed by atoms with van der Waals surface area (Å²) in [4.78, 5) is 0. The van der Waals surface area contributed by atoms with Crippen LogP contribution in [0.5, 0.6) is 74.7 Å². The number of hydrogen-bond donors (Lipinski definition) is 15. The van der Waals surface area contributed by atoms with E-state index in [4.69, 9.17) is 4.74 Å². The summed E-state index contributed by atoms with van der Waals surface area (Å²) in [5.74, 6) is -11.0. The summed E-state index contributed by atoms with van der Waals surface area (Å²) >= 11 is 0. The summed E-state index contributed by atoms with van der Waals surface area (Å²) in [6.45, 7) is 0. The molecule has 0 fully saturated rings. The molecule has 0 unspecified atom stereocenters. The molecule has 9 rings (SSSR count). The van der Waals surface area contributed by atoms with Crippen molar-refractivity contribution in [3.8, 4) is 74.7 Å². The zero-order chi connectivity index (χ0) is 44.9. The molecule has 0 spiro atoms. The molecule has 0 saturated heterocycles. The average Bonchev–Trinajstić information content (AvgIpc) is 3.22. The van der Waals surface area contributed by atoms with Crippen LogP contribution in [0.2, 0.25) is 0 Å². The van der Waals surface area contributed by atoms with Gasteiger partial charge in [0.1, 0.15) is 46.4 Å². The maximum absolute atomic E-state index is 12.7. The van der Waals surface area contributed by atoms with E-state index >= 15 is 0 Å². The second-order valence-corrected chi connectivity index (χ2v) is 16.5. The van der Waals surface area contributed by atoms with Crippen molar-refractivity contribution in [2.75, 3.05) is 0 Å². The van der Waals surface area contributed by atoms with Crippen LogP contribution in [-0.4, -0.2) is 94.9 Å². The zero-order valence-electron chi connectivity index (χ0n) is 32.9. The minimum Gasteiger partial charge on any atom is -0.508 e. The van der Waals surface area contributed by atoms with Crippen LogP contribution in [0, 0.1) is 0 Å². The van der Waals surface area contributed by atoms with Gasteiger partial charge in [0.2, 0.25) is 0 Å². The molecule has 0 aromatic heterocycles. The van der Waals surface area contributed by atoms with Crippen molar-refractivity contribution in [3.05, 3.63) is 134 Å². The summed E-state index contributed by atoms with van der Waals surface area (Å²) in [5, 5.41) is 168. The van der Waals surface area contributed by atoms with E-state index < -0.39 is 111 Å². The van der Waals surface area contributed by atoms with E-state index in [1.54, 1.807) is 0 Å². The molecule has 15 N–H and O–H groups in total. The number of aliphatic hydroxyl groups is 3. The first kappa shape index (κ1) is 41.0. The van der Waals surface area contributed by atoms with Gasteiger partial charge in [0.25, 0.3) is 0 Å². The van der Waals surface area contributed by atoms with E-state index in [0.717, 1.165) is 30.3 Å². The van der Waals surface area contributed by atoms with Crippen LogP contribution in [-0.2, 0) is 19.3 Å². The Balaban J connectivity index is 1.31.